The first-order valence-electron chi connectivity index (χ1n) is 8.94. The van der Waals surface area contributed by atoms with Crippen LogP contribution in [-0.2, 0) is 4.74 Å². The molecule has 0 aliphatic rings. The van der Waals surface area contributed by atoms with Gasteiger partial charge in [-0.2, -0.15) is 4.98 Å². The van der Waals surface area contributed by atoms with Crippen LogP contribution in [0.5, 0.6) is 5.75 Å². The number of anilines is 1. The Kier molecular flexibility index (Phi) is 7.62. The van der Waals surface area contributed by atoms with Crippen LogP contribution in [0.15, 0.2) is 34.5 Å². The summed E-state index contributed by atoms with van der Waals surface area (Å²) < 4.78 is 29.3. The Morgan fingerprint density at radius 2 is 2.18 bits per heavy atom. The summed E-state index contributed by atoms with van der Waals surface area (Å²) in [7, 11) is 0. The van der Waals surface area contributed by atoms with E-state index in [1.54, 1.807) is 39.0 Å². The molecule has 1 heterocycles. The van der Waals surface area contributed by atoms with Gasteiger partial charge >= 0.3 is 6.09 Å². The van der Waals surface area contributed by atoms with Crippen LogP contribution < -0.4 is 15.4 Å². The van der Waals surface area contributed by atoms with Crippen LogP contribution in [0.1, 0.15) is 27.2 Å². The van der Waals surface area contributed by atoms with E-state index in [1.165, 1.54) is 0 Å². The molecule has 0 aliphatic carbocycles. The molecule has 1 amide bonds. The van der Waals surface area contributed by atoms with Crippen molar-refractivity contribution in [1.82, 2.24) is 10.3 Å². The predicted molar refractivity (Wildman–Crippen MR) is 103 cm³/mol. The highest BCUT2D eigenvalue weighted by molar-refractivity contribution is 5.76. The summed E-state index contributed by atoms with van der Waals surface area (Å²) in [5.41, 5.74) is 0.779. The molecule has 154 valence electrons. The lowest BCUT2D eigenvalue weighted by Gasteiger charge is -2.20. The van der Waals surface area contributed by atoms with Crippen LogP contribution in [0.4, 0.5) is 15.2 Å². The first-order chi connectivity index (χ1) is 13.3. The van der Waals surface area contributed by atoms with Gasteiger partial charge in [0.1, 0.15) is 23.5 Å². The molecule has 28 heavy (non-hydrogen) atoms. The number of benzene rings is 1. The third-order valence-corrected chi connectivity index (χ3v) is 3.41. The number of carbonyl (C=O) groups excluding carboxylic acids is 1. The highest BCUT2D eigenvalue weighted by Crippen LogP contribution is 2.24. The van der Waals surface area contributed by atoms with Gasteiger partial charge in [-0.15, -0.1) is 0 Å². The maximum atomic E-state index is 13.1. The molecule has 0 unspecified atom stereocenters. The van der Waals surface area contributed by atoms with Crippen molar-refractivity contribution < 1.29 is 28.2 Å². The van der Waals surface area contributed by atoms with E-state index < -0.39 is 11.7 Å². The minimum absolute atomic E-state index is 0.0328. The van der Waals surface area contributed by atoms with Gasteiger partial charge in [-0.1, -0.05) is 0 Å². The van der Waals surface area contributed by atoms with Crippen LogP contribution in [-0.4, -0.2) is 48.1 Å². The standard InChI is InChI=1S/C19H26FN3O5/c1-19(2,3)28-18(25)22-11-13(10-20)12-26-14-5-6-15-16(9-14)27-17(23-15)21-7-4-8-24/h5-6,9-10,24H,4,7-8,11-12H2,1-3H3,(H,21,23)(H,22,25). The van der Waals surface area contributed by atoms with Crippen molar-refractivity contribution in [1.29, 1.82) is 0 Å². The molecule has 0 atom stereocenters. The van der Waals surface area contributed by atoms with Crippen LogP contribution in [0.25, 0.3) is 11.1 Å². The van der Waals surface area contributed by atoms with Gasteiger partial charge in [0.15, 0.2) is 5.58 Å². The lowest BCUT2D eigenvalue weighted by Crippen LogP contribution is -2.34. The molecule has 1 aromatic heterocycles. The lowest BCUT2D eigenvalue weighted by molar-refractivity contribution is 0.0531. The van der Waals surface area contributed by atoms with Gasteiger partial charge in [0.2, 0.25) is 0 Å². The minimum atomic E-state index is -0.629. The van der Waals surface area contributed by atoms with Crippen molar-refractivity contribution in [2.75, 3.05) is 31.6 Å². The number of carbonyl (C=O) groups is 1. The van der Waals surface area contributed by atoms with E-state index in [9.17, 15) is 9.18 Å². The maximum Gasteiger partial charge on any atom is 0.407 e. The van der Waals surface area contributed by atoms with Crippen LogP contribution >= 0.6 is 0 Å². The number of aromatic nitrogens is 1. The van der Waals surface area contributed by atoms with E-state index in [-0.39, 0.29) is 25.3 Å². The molecule has 9 heteroatoms. The van der Waals surface area contributed by atoms with Gasteiger partial charge in [0.25, 0.3) is 6.01 Å². The number of alkyl carbamates (subject to hydrolysis) is 1. The Hall–Kier alpha value is -2.81. The average Bonchev–Trinajstić information content (AvgIpc) is 3.02. The molecule has 3 N–H and O–H groups in total. The van der Waals surface area contributed by atoms with Crippen molar-refractivity contribution in [2.45, 2.75) is 32.8 Å². The third kappa shape index (κ3) is 7.07. The minimum Gasteiger partial charge on any atom is -0.489 e. The molecule has 0 saturated heterocycles. The lowest BCUT2D eigenvalue weighted by atomic mass is 10.2. The normalized spacial score (nSPS) is 12.1. The smallest absolute Gasteiger partial charge is 0.407 e. The summed E-state index contributed by atoms with van der Waals surface area (Å²) in [6, 6.07) is 5.42. The quantitative estimate of drug-likeness (QED) is 0.559. The van der Waals surface area contributed by atoms with Crippen molar-refractivity contribution in [2.24, 2.45) is 0 Å². The number of hydrogen-bond donors (Lipinski definition) is 3. The van der Waals surface area contributed by atoms with E-state index in [1.807, 2.05) is 0 Å². The first-order valence-corrected chi connectivity index (χ1v) is 8.94. The highest BCUT2D eigenvalue weighted by Gasteiger charge is 2.16. The van der Waals surface area contributed by atoms with Gasteiger partial charge in [-0.3, -0.25) is 0 Å². The molecule has 2 aromatic rings. The summed E-state index contributed by atoms with van der Waals surface area (Å²) in [5, 5.41) is 14.2. The zero-order valence-corrected chi connectivity index (χ0v) is 16.3. The van der Waals surface area contributed by atoms with Gasteiger partial charge in [-0.25, -0.2) is 9.18 Å². The predicted octanol–water partition coefficient (Wildman–Crippen LogP) is 3.38. The highest BCUT2D eigenvalue weighted by atomic mass is 19.1. The van der Waals surface area contributed by atoms with Gasteiger partial charge < -0.3 is 29.6 Å². The number of hydrogen-bond acceptors (Lipinski definition) is 7. The molecule has 1 aromatic carbocycles. The Labute approximate surface area is 162 Å². The van der Waals surface area contributed by atoms with E-state index in [2.05, 4.69) is 15.6 Å². The molecule has 2 rings (SSSR count). The number of amides is 1. The molecular weight excluding hydrogens is 369 g/mol. The van der Waals surface area contributed by atoms with Gasteiger partial charge in [0, 0.05) is 31.3 Å². The fraction of sp³-hybridized carbons (Fsp3) is 0.474. The number of nitrogens with zero attached hydrogens (tertiary/aromatic N) is 1. The van der Waals surface area contributed by atoms with E-state index >= 15 is 0 Å². The Morgan fingerprint density at radius 3 is 2.86 bits per heavy atom. The number of halogens is 1. The van der Waals surface area contributed by atoms with Gasteiger partial charge in [0.05, 0.1) is 6.33 Å². The summed E-state index contributed by atoms with van der Waals surface area (Å²) in [6.45, 7) is 5.78. The Balaban J connectivity index is 1.88. The van der Waals surface area contributed by atoms with Crippen LogP contribution in [0.3, 0.4) is 0 Å². The fourth-order valence-electron chi connectivity index (χ4n) is 2.14. The number of nitrogens with one attached hydrogen (secondary N) is 2. The molecule has 0 fully saturated rings. The van der Waals surface area contributed by atoms with E-state index in [0.717, 1.165) is 0 Å². The van der Waals surface area contributed by atoms with Crippen molar-refractivity contribution in [3.8, 4) is 5.75 Å². The van der Waals surface area contributed by atoms with Crippen molar-refractivity contribution in [3.05, 3.63) is 30.1 Å². The Bertz CT molecular complexity index is 813. The first kappa shape index (κ1) is 21.5. The second-order valence-corrected chi connectivity index (χ2v) is 7.06. The Morgan fingerprint density at radius 1 is 1.39 bits per heavy atom. The second kappa shape index (κ2) is 9.93. The van der Waals surface area contributed by atoms with E-state index in [4.69, 9.17) is 19.0 Å². The number of aliphatic hydroxyl groups excluding tert-OH is 1. The summed E-state index contributed by atoms with van der Waals surface area (Å²) in [4.78, 5) is 15.9. The zero-order chi connectivity index (χ0) is 20.6. The van der Waals surface area contributed by atoms with E-state index in [0.29, 0.717) is 42.2 Å². The zero-order valence-electron chi connectivity index (χ0n) is 16.3. The summed E-state index contributed by atoms with van der Waals surface area (Å²) in [6.07, 6.45) is 0.354. The topological polar surface area (TPSA) is 106 Å². The molecule has 0 aliphatic heterocycles. The maximum absolute atomic E-state index is 13.1. The molecule has 0 saturated carbocycles. The monoisotopic (exact) mass is 395 g/mol. The third-order valence-electron chi connectivity index (χ3n) is 3.41. The number of aliphatic hydroxyl groups is 1. The second-order valence-electron chi connectivity index (χ2n) is 7.06. The number of ether oxygens (including phenoxy) is 2. The van der Waals surface area contributed by atoms with Crippen LogP contribution in [0, 0.1) is 0 Å². The molecule has 0 bridgehead atoms. The largest absolute Gasteiger partial charge is 0.489 e. The average molecular weight is 395 g/mol. The molecule has 8 nitrogen and oxygen atoms in total. The van der Waals surface area contributed by atoms with Crippen LogP contribution in [0.2, 0.25) is 0 Å². The molecular formula is C19H26FN3O5. The fourth-order valence-corrected chi connectivity index (χ4v) is 2.14. The summed E-state index contributed by atoms with van der Waals surface area (Å²) in [5.74, 6) is 0.474. The summed E-state index contributed by atoms with van der Waals surface area (Å²) >= 11 is 0. The molecule has 0 radical (unpaired) electrons. The number of rotatable bonds is 9. The van der Waals surface area contributed by atoms with Gasteiger partial charge in [-0.05, 0) is 39.3 Å². The van der Waals surface area contributed by atoms with Crippen molar-refractivity contribution in [3.63, 3.8) is 0 Å². The number of fused-ring (bicyclic) bond motifs is 1. The van der Waals surface area contributed by atoms with Crippen molar-refractivity contribution >= 4 is 23.2 Å². The number of oxazole rings is 1. The SMILES string of the molecule is CC(C)(C)OC(=O)NCC(=CF)COc1ccc2nc(NCCCO)oc2c1. The molecule has 0 spiro atoms.